The molecule has 140 valence electrons. The molecule has 0 spiro atoms. The molecule has 0 atom stereocenters. The zero-order valence-electron chi connectivity index (χ0n) is 15.4. The van der Waals surface area contributed by atoms with Crippen molar-refractivity contribution in [3.8, 4) is 0 Å². The molecule has 0 radical (unpaired) electrons. The number of amides is 1. The zero-order valence-corrected chi connectivity index (χ0v) is 15.4. The van der Waals surface area contributed by atoms with Gasteiger partial charge in [0.15, 0.2) is 5.65 Å². The van der Waals surface area contributed by atoms with Crippen LogP contribution in [0.5, 0.6) is 0 Å². The third kappa shape index (κ3) is 3.78. The normalized spacial score (nSPS) is 15.4. The second-order valence-electron chi connectivity index (χ2n) is 7.02. The molecular formula is C20H23N5O2. The van der Waals surface area contributed by atoms with Crippen LogP contribution in [0.25, 0.3) is 5.65 Å². The summed E-state index contributed by atoms with van der Waals surface area (Å²) in [6.45, 7) is 5.99. The third-order valence-electron chi connectivity index (χ3n) is 4.99. The number of pyridine rings is 1. The average Bonchev–Trinajstić information content (AvgIpc) is 2.98. The Bertz CT molecular complexity index is 1010. The van der Waals surface area contributed by atoms with E-state index in [2.05, 4.69) is 41.2 Å². The molecule has 0 bridgehead atoms. The van der Waals surface area contributed by atoms with Gasteiger partial charge in [-0.3, -0.25) is 14.1 Å². The first-order valence-corrected chi connectivity index (χ1v) is 9.20. The minimum absolute atomic E-state index is 0.0155. The summed E-state index contributed by atoms with van der Waals surface area (Å²) in [5.74, 6) is -0.0595. The molecule has 3 heterocycles. The quantitative estimate of drug-likeness (QED) is 0.696. The second-order valence-corrected chi connectivity index (χ2v) is 7.02. The van der Waals surface area contributed by atoms with Crippen molar-refractivity contribution in [2.24, 2.45) is 0 Å². The summed E-state index contributed by atoms with van der Waals surface area (Å²) in [7, 11) is 0. The highest BCUT2D eigenvalue weighted by atomic mass is 16.2. The average molecular weight is 365 g/mol. The van der Waals surface area contributed by atoms with Crippen molar-refractivity contribution in [1.29, 1.82) is 0 Å². The Kier molecular flexibility index (Phi) is 4.77. The van der Waals surface area contributed by atoms with Crippen LogP contribution in [0.2, 0.25) is 0 Å². The highest BCUT2D eigenvalue weighted by Gasteiger charge is 2.22. The molecule has 1 amide bonds. The molecule has 7 nitrogen and oxygen atoms in total. The number of rotatable bonds is 4. The predicted octanol–water partition coefficient (Wildman–Crippen LogP) is 1.15. The van der Waals surface area contributed by atoms with E-state index in [1.807, 2.05) is 11.0 Å². The van der Waals surface area contributed by atoms with Gasteiger partial charge in [0.05, 0.1) is 0 Å². The van der Waals surface area contributed by atoms with Crippen LogP contribution in [-0.2, 0) is 17.9 Å². The van der Waals surface area contributed by atoms with E-state index in [9.17, 15) is 9.59 Å². The number of carbonyl (C=O) groups excluding carboxylic acids is 1. The minimum Gasteiger partial charge on any atom is -0.339 e. The molecule has 4 rings (SSSR count). The van der Waals surface area contributed by atoms with E-state index in [0.717, 1.165) is 19.6 Å². The van der Waals surface area contributed by atoms with Gasteiger partial charge in [0, 0.05) is 38.9 Å². The van der Waals surface area contributed by atoms with E-state index in [4.69, 9.17) is 0 Å². The molecule has 2 aromatic heterocycles. The van der Waals surface area contributed by atoms with Crippen LogP contribution in [0.1, 0.15) is 11.1 Å². The standard InChI is InChI=1S/C20H23N5O2/c1-16-5-4-6-17(13-16)14-22-9-11-23(12-10-22)19(26)15-25-20(27)24-8-3-2-7-18(24)21-25/h2-8,13H,9-12,14-15H2,1H3. The van der Waals surface area contributed by atoms with Crippen LogP contribution in [0.3, 0.4) is 0 Å². The van der Waals surface area contributed by atoms with Gasteiger partial charge in [-0.15, -0.1) is 5.10 Å². The highest BCUT2D eigenvalue weighted by Crippen LogP contribution is 2.10. The van der Waals surface area contributed by atoms with Gasteiger partial charge in [0.25, 0.3) is 0 Å². The van der Waals surface area contributed by atoms with Crippen LogP contribution < -0.4 is 5.69 Å². The molecule has 0 N–H and O–H groups in total. The van der Waals surface area contributed by atoms with Crippen LogP contribution in [0.15, 0.2) is 53.5 Å². The molecule has 0 saturated carbocycles. The summed E-state index contributed by atoms with van der Waals surface area (Å²) in [5, 5.41) is 4.24. The monoisotopic (exact) mass is 365 g/mol. The van der Waals surface area contributed by atoms with Gasteiger partial charge < -0.3 is 4.90 Å². The Labute approximate surface area is 157 Å². The van der Waals surface area contributed by atoms with Crippen molar-refractivity contribution in [3.05, 3.63) is 70.3 Å². The maximum Gasteiger partial charge on any atom is 0.350 e. The zero-order chi connectivity index (χ0) is 18.8. The number of aryl methyl sites for hydroxylation is 1. The molecule has 1 fully saturated rings. The maximum atomic E-state index is 12.6. The number of aromatic nitrogens is 3. The van der Waals surface area contributed by atoms with Crippen LogP contribution in [-0.4, -0.2) is 56.1 Å². The fourth-order valence-electron chi connectivity index (χ4n) is 3.52. The maximum absolute atomic E-state index is 12.6. The lowest BCUT2D eigenvalue weighted by Crippen LogP contribution is -2.49. The Morgan fingerprint density at radius 1 is 1.07 bits per heavy atom. The Morgan fingerprint density at radius 2 is 1.89 bits per heavy atom. The Balaban J connectivity index is 1.35. The summed E-state index contributed by atoms with van der Waals surface area (Å²) in [4.78, 5) is 29.1. The van der Waals surface area contributed by atoms with Crippen molar-refractivity contribution in [2.45, 2.75) is 20.0 Å². The summed E-state index contributed by atoms with van der Waals surface area (Å²) < 4.78 is 2.70. The number of fused-ring (bicyclic) bond motifs is 1. The second kappa shape index (κ2) is 7.36. The van der Waals surface area contributed by atoms with Crippen LogP contribution in [0.4, 0.5) is 0 Å². The minimum atomic E-state index is -0.281. The van der Waals surface area contributed by atoms with Gasteiger partial charge in [-0.1, -0.05) is 35.9 Å². The van der Waals surface area contributed by atoms with E-state index >= 15 is 0 Å². The van der Waals surface area contributed by atoms with Gasteiger partial charge in [-0.05, 0) is 24.6 Å². The van der Waals surface area contributed by atoms with Crippen molar-refractivity contribution < 1.29 is 4.79 Å². The lowest BCUT2D eigenvalue weighted by atomic mass is 10.1. The molecule has 0 unspecified atom stereocenters. The third-order valence-corrected chi connectivity index (χ3v) is 4.99. The molecular weight excluding hydrogens is 342 g/mol. The molecule has 1 aromatic carbocycles. The van der Waals surface area contributed by atoms with E-state index in [0.29, 0.717) is 18.7 Å². The lowest BCUT2D eigenvalue weighted by Gasteiger charge is -2.34. The van der Waals surface area contributed by atoms with Gasteiger partial charge in [-0.25, -0.2) is 9.48 Å². The largest absolute Gasteiger partial charge is 0.350 e. The van der Waals surface area contributed by atoms with Crippen LogP contribution >= 0.6 is 0 Å². The number of hydrogen-bond donors (Lipinski definition) is 0. The number of hydrogen-bond acceptors (Lipinski definition) is 4. The SMILES string of the molecule is Cc1cccc(CN2CCN(C(=O)Cn3nc4ccccn4c3=O)CC2)c1. The van der Waals surface area contributed by atoms with E-state index in [-0.39, 0.29) is 18.1 Å². The van der Waals surface area contributed by atoms with Crippen molar-refractivity contribution >= 4 is 11.6 Å². The summed E-state index contributed by atoms with van der Waals surface area (Å²) >= 11 is 0. The first kappa shape index (κ1) is 17.5. The molecule has 1 aliphatic rings. The number of benzene rings is 1. The van der Waals surface area contributed by atoms with Gasteiger partial charge in [-0.2, -0.15) is 0 Å². The first-order valence-electron chi connectivity index (χ1n) is 9.20. The van der Waals surface area contributed by atoms with Crippen LogP contribution in [0, 0.1) is 6.92 Å². The van der Waals surface area contributed by atoms with Gasteiger partial charge >= 0.3 is 5.69 Å². The van der Waals surface area contributed by atoms with Gasteiger partial charge in [0.1, 0.15) is 6.54 Å². The van der Waals surface area contributed by atoms with Crippen molar-refractivity contribution in [3.63, 3.8) is 0 Å². The highest BCUT2D eigenvalue weighted by molar-refractivity contribution is 5.76. The molecule has 0 aliphatic carbocycles. The number of carbonyl (C=O) groups is 1. The molecule has 1 aliphatic heterocycles. The molecule has 1 saturated heterocycles. The molecule has 3 aromatic rings. The van der Waals surface area contributed by atoms with E-state index < -0.39 is 0 Å². The van der Waals surface area contributed by atoms with Gasteiger partial charge in [0.2, 0.25) is 5.91 Å². The topological polar surface area (TPSA) is 62.9 Å². The van der Waals surface area contributed by atoms with E-state index in [1.165, 1.54) is 20.2 Å². The molecule has 7 heteroatoms. The fraction of sp³-hybridized carbons (Fsp3) is 0.350. The Morgan fingerprint density at radius 3 is 2.63 bits per heavy atom. The lowest BCUT2D eigenvalue weighted by molar-refractivity contribution is -0.133. The Hall–Kier alpha value is -2.93. The summed E-state index contributed by atoms with van der Waals surface area (Å²) in [6.07, 6.45) is 1.66. The first-order chi connectivity index (χ1) is 13.1. The smallest absolute Gasteiger partial charge is 0.339 e. The van der Waals surface area contributed by atoms with Crippen molar-refractivity contribution in [2.75, 3.05) is 26.2 Å². The van der Waals surface area contributed by atoms with Crippen molar-refractivity contribution in [1.82, 2.24) is 24.0 Å². The van der Waals surface area contributed by atoms with E-state index in [1.54, 1.807) is 18.3 Å². The number of piperazine rings is 1. The number of nitrogens with zero attached hydrogens (tertiary/aromatic N) is 5. The molecule has 27 heavy (non-hydrogen) atoms. The summed E-state index contributed by atoms with van der Waals surface area (Å²) in [5.41, 5.74) is 2.83. The fourth-order valence-corrected chi connectivity index (χ4v) is 3.52. The predicted molar refractivity (Wildman–Crippen MR) is 102 cm³/mol. The summed E-state index contributed by atoms with van der Waals surface area (Å²) in [6, 6.07) is 13.9.